The predicted octanol–water partition coefficient (Wildman–Crippen LogP) is 1.97. The summed E-state index contributed by atoms with van der Waals surface area (Å²) in [6.45, 7) is 7.49. The molecule has 1 aromatic rings. The molecular weight excluding hydrogens is 271 g/mol. The third-order valence-corrected chi connectivity index (χ3v) is 3.41. The van der Waals surface area contributed by atoms with E-state index in [0.717, 1.165) is 6.26 Å². The Labute approximate surface area is 113 Å². The van der Waals surface area contributed by atoms with Crippen LogP contribution in [0, 0.1) is 0 Å². The van der Waals surface area contributed by atoms with Crippen LogP contribution in [0.15, 0.2) is 12.6 Å². The van der Waals surface area contributed by atoms with Crippen molar-refractivity contribution in [3.63, 3.8) is 0 Å². The van der Waals surface area contributed by atoms with Crippen molar-refractivity contribution in [3.8, 4) is 0 Å². The SMILES string of the molecule is C=C(OCC)c1cc(C(C)F)nn1CCS(C)(=O)=O. The number of alkyl halides is 1. The molecule has 5 nitrogen and oxygen atoms in total. The standard InChI is InChI=1S/C12H19FN2O3S/c1-5-18-10(3)12-8-11(9(2)13)14-15(12)6-7-19(4,16)17/h8-9H,3,5-7H2,1-2,4H3. The molecule has 0 spiro atoms. The quantitative estimate of drug-likeness (QED) is 0.720. The molecule has 0 fully saturated rings. The smallest absolute Gasteiger partial charge is 0.149 e. The van der Waals surface area contributed by atoms with Crippen LogP contribution >= 0.6 is 0 Å². The summed E-state index contributed by atoms with van der Waals surface area (Å²) in [6.07, 6.45) is -0.0840. The van der Waals surface area contributed by atoms with E-state index in [1.54, 1.807) is 6.92 Å². The molecule has 0 aromatic carbocycles. The predicted molar refractivity (Wildman–Crippen MR) is 72.1 cm³/mol. The molecule has 1 rings (SSSR count). The number of hydrogen-bond donors (Lipinski definition) is 0. The largest absolute Gasteiger partial charge is 0.492 e. The van der Waals surface area contributed by atoms with Gasteiger partial charge in [0.25, 0.3) is 0 Å². The Hall–Kier alpha value is -1.37. The first kappa shape index (κ1) is 15.7. The summed E-state index contributed by atoms with van der Waals surface area (Å²) < 4.78 is 42.3. The monoisotopic (exact) mass is 290 g/mol. The first-order chi connectivity index (χ1) is 8.74. The third-order valence-electron chi connectivity index (χ3n) is 2.48. The second kappa shape index (κ2) is 6.18. The van der Waals surface area contributed by atoms with Gasteiger partial charge in [0, 0.05) is 6.26 Å². The maximum atomic E-state index is 13.3. The molecule has 0 saturated carbocycles. The molecule has 0 aliphatic heterocycles. The van der Waals surface area contributed by atoms with E-state index in [0.29, 0.717) is 18.1 Å². The summed E-state index contributed by atoms with van der Waals surface area (Å²) in [6, 6.07) is 1.53. The lowest BCUT2D eigenvalue weighted by molar-refractivity contribution is 0.295. The number of hydrogen-bond acceptors (Lipinski definition) is 4. The average Bonchev–Trinajstić information content (AvgIpc) is 2.70. The van der Waals surface area contributed by atoms with E-state index >= 15 is 0 Å². The fourth-order valence-electron chi connectivity index (χ4n) is 1.53. The van der Waals surface area contributed by atoms with Gasteiger partial charge in [0.2, 0.25) is 0 Å². The summed E-state index contributed by atoms with van der Waals surface area (Å²) in [5, 5.41) is 4.05. The first-order valence-electron chi connectivity index (χ1n) is 5.96. The van der Waals surface area contributed by atoms with Crippen molar-refractivity contribution < 1.29 is 17.5 Å². The molecule has 108 valence electrons. The lowest BCUT2D eigenvalue weighted by Crippen LogP contribution is -2.14. The van der Waals surface area contributed by atoms with Gasteiger partial charge in [-0.3, -0.25) is 4.68 Å². The lowest BCUT2D eigenvalue weighted by Gasteiger charge is -2.09. The first-order valence-corrected chi connectivity index (χ1v) is 8.02. The van der Waals surface area contributed by atoms with Gasteiger partial charge in [-0.05, 0) is 19.9 Å². The van der Waals surface area contributed by atoms with E-state index in [4.69, 9.17) is 4.74 Å². The third kappa shape index (κ3) is 4.66. The van der Waals surface area contributed by atoms with E-state index in [1.165, 1.54) is 17.7 Å². The Bertz CT molecular complexity index is 549. The Morgan fingerprint density at radius 2 is 2.26 bits per heavy atom. The summed E-state index contributed by atoms with van der Waals surface area (Å²) in [5.74, 6) is 0.289. The Morgan fingerprint density at radius 1 is 1.63 bits per heavy atom. The van der Waals surface area contributed by atoms with E-state index in [9.17, 15) is 12.8 Å². The zero-order chi connectivity index (χ0) is 14.6. The number of aromatic nitrogens is 2. The minimum absolute atomic E-state index is 0.0683. The fourth-order valence-corrected chi connectivity index (χ4v) is 2.03. The highest BCUT2D eigenvalue weighted by molar-refractivity contribution is 7.90. The summed E-state index contributed by atoms with van der Waals surface area (Å²) in [7, 11) is -3.11. The van der Waals surface area contributed by atoms with Gasteiger partial charge in [-0.25, -0.2) is 12.8 Å². The molecule has 1 atom stereocenters. The van der Waals surface area contributed by atoms with Crippen molar-refractivity contribution in [2.24, 2.45) is 0 Å². The van der Waals surface area contributed by atoms with Crippen LogP contribution in [0.3, 0.4) is 0 Å². The van der Waals surface area contributed by atoms with Crippen molar-refractivity contribution in [2.75, 3.05) is 18.6 Å². The van der Waals surface area contributed by atoms with E-state index in [2.05, 4.69) is 11.7 Å². The molecule has 0 amide bonds. The molecule has 19 heavy (non-hydrogen) atoms. The lowest BCUT2D eigenvalue weighted by atomic mass is 10.2. The number of halogens is 1. The molecule has 0 saturated heterocycles. The Balaban J connectivity index is 3.02. The normalized spacial score (nSPS) is 13.3. The van der Waals surface area contributed by atoms with Crippen LogP contribution in [-0.2, 0) is 21.1 Å². The number of rotatable bonds is 7. The molecule has 0 bridgehead atoms. The second-order valence-electron chi connectivity index (χ2n) is 4.28. The highest BCUT2D eigenvalue weighted by Crippen LogP contribution is 2.21. The van der Waals surface area contributed by atoms with Crippen LogP contribution in [0.1, 0.15) is 31.4 Å². The second-order valence-corrected chi connectivity index (χ2v) is 6.54. The average molecular weight is 290 g/mol. The molecule has 0 N–H and O–H groups in total. The zero-order valence-corrected chi connectivity index (χ0v) is 12.2. The summed E-state index contributed by atoms with van der Waals surface area (Å²) in [5.41, 5.74) is 0.745. The zero-order valence-electron chi connectivity index (χ0n) is 11.4. The topological polar surface area (TPSA) is 61.2 Å². The van der Waals surface area contributed by atoms with Crippen molar-refractivity contribution in [1.82, 2.24) is 9.78 Å². The van der Waals surface area contributed by atoms with Crippen molar-refractivity contribution in [1.29, 1.82) is 0 Å². The van der Waals surface area contributed by atoms with E-state index < -0.39 is 16.0 Å². The summed E-state index contributed by atoms with van der Waals surface area (Å²) in [4.78, 5) is 0. The van der Waals surface area contributed by atoms with Crippen molar-refractivity contribution in [3.05, 3.63) is 24.0 Å². The van der Waals surface area contributed by atoms with Crippen molar-refractivity contribution >= 4 is 15.6 Å². The molecule has 0 aliphatic rings. The van der Waals surface area contributed by atoms with Crippen LogP contribution in [-0.4, -0.2) is 36.8 Å². The van der Waals surface area contributed by atoms with Gasteiger partial charge in [0.1, 0.15) is 27.5 Å². The van der Waals surface area contributed by atoms with Crippen LogP contribution in [0.5, 0.6) is 0 Å². The van der Waals surface area contributed by atoms with Gasteiger partial charge in [0.15, 0.2) is 0 Å². The fraction of sp³-hybridized carbons (Fsp3) is 0.583. The Kier molecular flexibility index (Phi) is 5.11. The molecule has 1 aromatic heterocycles. The number of sulfone groups is 1. The van der Waals surface area contributed by atoms with E-state index in [1.807, 2.05) is 0 Å². The molecular formula is C12H19FN2O3S. The number of aryl methyl sites for hydroxylation is 1. The van der Waals surface area contributed by atoms with Gasteiger partial charge < -0.3 is 4.74 Å². The number of ether oxygens (including phenoxy) is 1. The van der Waals surface area contributed by atoms with Gasteiger partial charge in [-0.15, -0.1) is 0 Å². The van der Waals surface area contributed by atoms with Crippen LogP contribution in [0.2, 0.25) is 0 Å². The van der Waals surface area contributed by atoms with Crippen LogP contribution < -0.4 is 0 Å². The van der Waals surface area contributed by atoms with Gasteiger partial charge >= 0.3 is 0 Å². The molecule has 0 radical (unpaired) electrons. The molecule has 7 heteroatoms. The van der Waals surface area contributed by atoms with Crippen molar-refractivity contribution in [2.45, 2.75) is 26.6 Å². The number of nitrogens with zero attached hydrogens (tertiary/aromatic N) is 2. The van der Waals surface area contributed by atoms with Gasteiger partial charge in [-0.2, -0.15) is 5.10 Å². The van der Waals surface area contributed by atoms with Gasteiger partial charge in [-0.1, -0.05) is 6.58 Å². The van der Waals surface area contributed by atoms with Crippen LogP contribution in [0.4, 0.5) is 4.39 Å². The highest BCUT2D eigenvalue weighted by Gasteiger charge is 2.16. The van der Waals surface area contributed by atoms with Gasteiger partial charge in [0.05, 0.1) is 24.6 Å². The minimum Gasteiger partial charge on any atom is -0.492 e. The van der Waals surface area contributed by atoms with E-state index in [-0.39, 0.29) is 18.0 Å². The maximum absolute atomic E-state index is 13.3. The highest BCUT2D eigenvalue weighted by atomic mass is 32.2. The van der Waals surface area contributed by atoms with Crippen LogP contribution in [0.25, 0.3) is 5.76 Å². The Morgan fingerprint density at radius 3 is 2.74 bits per heavy atom. The summed E-state index contributed by atoms with van der Waals surface area (Å²) >= 11 is 0. The molecule has 1 heterocycles. The molecule has 0 aliphatic carbocycles. The minimum atomic E-state index is -3.11. The maximum Gasteiger partial charge on any atom is 0.149 e. The molecule has 1 unspecified atom stereocenters.